The summed E-state index contributed by atoms with van der Waals surface area (Å²) in [5.41, 5.74) is 7.11. The van der Waals surface area contributed by atoms with Crippen LogP contribution in [-0.2, 0) is 16.0 Å². The van der Waals surface area contributed by atoms with Crippen molar-refractivity contribution in [2.75, 3.05) is 24.5 Å². The number of anilines is 1. The second-order valence-corrected chi connectivity index (χ2v) is 5.97. The number of aromatic nitrogens is 1. The zero-order valence-electron chi connectivity index (χ0n) is 13.6. The van der Waals surface area contributed by atoms with Gasteiger partial charge in [-0.1, -0.05) is 6.07 Å². The zero-order chi connectivity index (χ0) is 17.8. The van der Waals surface area contributed by atoms with Crippen molar-refractivity contribution < 1.29 is 14.0 Å². The van der Waals surface area contributed by atoms with Gasteiger partial charge in [0.2, 0.25) is 11.8 Å². The zero-order valence-corrected chi connectivity index (χ0v) is 13.6. The van der Waals surface area contributed by atoms with Gasteiger partial charge in [-0.25, -0.2) is 4.39 Å². The van der Waals surface area contributed by atoms with E-state index in [1.807, 2.05) is 11.0 Å². The first-order valence-corrected chi connectivity index (χ1v) is 8.03. The van der Waals surface area contributed by atoms with Gasteiger partial charge in [0.05, 0.1) is 6.42 Å². The molecule has 0 saturated carbocycles. The predicted octanol–water partition coefficient (Wildman–Crippen LogP) is 0.966. The Bertz CT molecular complexity index is 751. The number of piperazine rings is 1. The van der Waals surface area contributed by atoms with E-state index >= 15 is 0 Å². The van der Waals surface area contributed by atoms with Crippen molar-refractivity contribution in [3.63, 3.8) is 0 Å². The van der Waals surface area contributed by atoms with E-state index in [0.29, 0.717) is 19.6 Å². The van der Waals surface area contributed by atoms with Gasteiger partial charge >= 0.3 is 0 Å². The molecule has 1 fully saturated rings. The SMILES string of the molecule is NC(=O)C1CN(c2ccc(F)cc2)CCN1C(=O)Cc1cccnc1. The molecule has 1 atom stereocenters. The van der Waals surface area contributed by atoms with Crippen molar-refractivity contribution in [3.8, 4) is 0 Å². The fourth-order valence-electron chi connectivity index (χ4n) is 2.99. The number of pyridine rings is 1. The topological polar surface area (TPSA) is 79.5 Å². The van der Waals surface area contributed by atoms with Crippen molar-refractivity contribution in [1.82, 2.24) is 9.88 Å². The van der Waals surface area contributed by atoms with E-state index in [1.54, 1.807) is 30.6 Å². The first-order chi connectivity index (χ1) is 12.0. The molecule has 1 aliphatic rings. The summed E-state index contributed by atoms with van der Waals surface area (Å²) in [5.74, 6) is -1.03. The van der Waals surface area contributed by atoms with Crippen molar-refractivity contribution in [2.24, 2.45) is 5.73 Å². The van der Waals surface area contributed by atoms with Crippen LogP contribution >= 0.6 is 0 Å². The molecule has 1 aliphatic heterocycles. The molecule has 1 unspecified atom stereocenters. The Morgan fingerprint density at radius 2 is 1.96 bits per heavy atom. The molecule has 3 rings (SSSR count). The largest absolute Gasteiger partial charge is 0.368 e. The number of primary amides is 1. The first-order valence-electron chi connectivity index (χ1n) is 8.03. The third kappa shape index (κ3) is 3.93. The van der Waals surface area contributed by atoms with Crippen LogP contribution in [0.3, 0.4) is 0 Å². The molecule has 0 bridgehead atoms. The number of halogens is 1. The summed E-state index contributed by atoms with van der Waals surface area (Å²) >= 11 is 0. The van der Waals surface area contributed by atoms with Gasteiger partial charge in [0.1, 0.15) is 11.9 Å². The number of carbonyl (C=O) groups excluding carboxylic acids is 2. The standard InChI is InChI=1S/C18H19FN4O2/c19-14-3-5-15(6-4-14)22-8-9-23(16(12-22)18(20)25)17(24)10-13-2-1-7-21-11-13/h1-7,11,16H,8-10,12H2,(H2,20,25). The summed E-state index contributed by atoms with van der Waals surface area (Å²) < 4.78 is 13.1. The molecule has 1 aromatic heterocycles. The Morgan fingerprint density at radius 1 is 1.20 bits per heavy atom. The van der Waals surface area contributed by atoms with Gasteiger partial charge in [0.25, 0.3) is 0 Å². The molecule has 2 heterocycles. The van der Waals surface area contributed by atoms with E-state index in [-0.39, 0.29) is 18.1 Å². The lowest BCUT2D eigenvalue weighted by Crippen LogP contribution is -2.60. The van der Waals surface area contributed by atoms with E-state index in [1.165, 1.54) is 17.0 Å². The Hall–Kier alpha value is -2.96. The van der Waals surface area contributed by atoms with Gasteiger partial charge in [-0.3, -0.25) is 14.6 Å². The summed E-state index contributed by atoms with van der Waals surface area (Å²) in [6, 6.07) is 8.91. The average Bonchev–Trinajstić information content (AvgIpc) is 2.62. The monoisotopic (exact) mass is 342 g/mol. The second kappa shape index (κ2) is 7.29. The number of hydrogen-bond acceptors (Lipinski definition) is 4. The van der Waals surface area contributed by atoms with Crippen LogP contribution in [0.4, 0.5) is 10.1 Å². The minimum atomic E-state index is -0.719. The Balaban J connectivity index is 1.72. The highest BCUT2D eigenvalue weighted by Gasteiger charge is 2.34. The fraction of sp³-hybridized carbons (Fsp3) is 0.278. The van der Waals surface area contributed by atoms with Gasteiger partial charge in [0.15, 0.2) is 0 Å². The molecule has 130 valence electrons. The van der Waals surface area contributed by atoms with Crippen LogP contribution in [0.15, 0.2) is 48.8 Å². The summed E-state index contributed by atoms with van der Waals surface area (Å²) in [6.45, 7) is 1.22. The number of rotatable bonds is 4. The first kappa shape index (κ1) is 16.9. The quantitative estimate of drug-likeness (QED) is 0.898. The van der Waals surface area contributed by atoms with Crippen LogP contribution in [0.5, 0.6) is 0 Å². The summed E-state index contributed by atoms with van der Waals surface area (Å²) in [7, 11) is 0. The van der Waals surface area contributed by atoms with Crippen LogP contribution in [0.1, 0.15) is 5.56 Å². The lowest BCUT2D eigenvalue weighted by molar-refractivity contribution is -0.139. The van der Waals surface area contributed by atoms with Crippen molar-refractivity contribution in [1.29, 1.82) is 0 Å². The van der Waals surface area contributed by atoms with E-state index in [2.05, 4.69) is 4.98 Å². The molecule has 25 heavy (non-hydrogen) atoms. The highest BCUT2D eigenvalue weighted by Crippen LogP contribution is 2.20. The van der Waals surface area contributed by atoms with Crippen LogP contribution in [-0.4, -0.2) is 47.4 Å². The predicted molar refractivity (Wildman–Crippen MR) is 91.2 cm³/mol. The Labute approximate surface area is 145 Å². The maximum absolute atomic E-state index is 13.1. The van der Waals surface area contributed by atoms with Gasteiger partial charge in [-0.05, 0) is 35.9 Å². The molecule has 1 saturated heterocycles. The molecule has 0 aliphatic carbocycles. The molecule has 2 aromatic rings. The third-order valence-electron chi connectivity index (χ3n) is 4.30. The molecule has 2 amide bonds. The molecule has 0 spiro atoms. The summed E-state index contributed by atoms with van der Waals surface area (Å²) in [4.78, 5) is 31.9. The smallest absolute Gasteiger partial charge is 0.242 e. The van der Waals surface area contributed by atoms with E-state index < -0.39 is 11.9 Å². The number of hydrogen-bond donors (Lipinski definition) is 1. The van der Waals surface area contributed by atoms with E-state index in [4.69, 9.17) is 5.73 Å². The lowest BCUT2D eigenvalue weighted by Gasteiger charge is -2.41. The van der Waals surface area contributed by atoms with Gasteiger partial charge in [0, 0.05) is 37.7 Å². The van der Waals surface area contributed by atoms with Crippen LogP contribution in [0.25, 0.3) is 0 Å². The average molecular weight is 342 g/mol. The molecule has 2 N–H and O–H groups in total. The van der Waals surface area contributed by atoms with Crippen molar-refractivity contribution in [2.45, 2.75) is 12.5 Å². The third-order valence-corrected chi connectivity index (χ3v) is 4.30. The minimum Gasteiger partial charge on any atom is -0.368 e. The highest BCUT2D eigenvalue weighted by atomic mass is 19.1. The van der Waals surface area contributed by atoms with E-state index in [0.717, 1.165) is 11.3 Å². The van der Waals surface area contributed by atoms with Gasteiger partial charge in [-0.2, -0.15) is 0 Å². The van der Waals surface area contributed by atoms with Crippen LogP contribution < -0.4 is 10.6 Å². The molecular formula is C18H19FN4O2. The highest BCUT2D eigenvalue weighted by molar-refractivity contribution is 5.88. The Morgan fingerprint density at radius 3 is 2.60 bits per heavy atom. The Kier molecular flexibility index (Phi) is 4.92. The summed E-state index contributed by atoms with van der Waals surface area (Å²) in [6.07, 6.45) is 3.45. The van der Waals surface area contributed by atoms with Gasteiger partial charge < -0.3 is 15.5 Å². The minimum absolute atomic E-state index is 0.157. The van der Waals surface area contributed by atoms with Crippen LogP contribution in [0.2, 0.25) is 0 Å². The van der Waals surface area contributed by atoms with Crippen LogP contribution in [0, 0.1) is 5.82 Å². The maximum Gasteiger partial charge on any atom is 0.242 e. The summed E-state index contributed by atoms with van der Waals surface area (Å²) in [5, 5.41) is 0. The molecule has 6 nitrogen and oxygen atoms in total. The molecule has 1 aromatic carbocycles. The fourth-order valence-corrected chi connectivity index (χ4v) is 2.99. The molecule has 7 heteroatoms. The van der Waals surface area contributed by atoms with Gasteiger partial charge in [-0.15, -0.1) is 0 Å². The number of nitrogens with zero attached hydrogens (tertiary/aromatic N) is 3. The normalized spacial score (nSPS) is 17.4. The second-order valence-electron chi connectivity index (χ2n) is 5.97. The number of nitrogens with two attached hydrogens (primary N) is 1. The maximum atomic E-state index is 13.1. The molecule has 0 radical (unpaired) electrons. The molecular weight excluding hydrogens is 323 g/mol. The van der Waals surface area contributed by atoms with Crippen molar-refractivity contribution in [3.05, 3.63) is 60.2 Å². The number of carbonyl (C=O) groups is 2. The lowest BCUT2D eigenvalue weighted by atomic mass is 10.1. The number of benzene rings is 1. The van der Waals surface area contributed by atoms with Crippen molar-refractivity contribution >= 4 is 17.5 Å². The van der Waals surface area contributed by atoms with E-state index in [9.17, 15) is 14.0 Å². The number of amides is 2.